The monoisotopic (exact) mass is 386 g/mol. The Morgan fingerprint density at radius 1 is 0.964 bits per heavy atom. The summed E-state index contributed by atoms with van der Waals surface area (Å²) in [5.41, 5.74) is 6.41. The molecule has 0 aliphatic rings. The van der Waals surface area contributed by atoms with E-state index in [0.29, 0.717) is 24.7 Å². The molecular weight excluding hydrogens is 360 g/mol. The van der Waals surface area contributed by atoms with Crippen LogP contribution in [0.1, 0.15) is 42.7 Å². The number of benzene rings is 2. The summed E-state index contributed by atoms with van der Waals surface area (Å²) in [6.45, 7) is 6.48. The molecule has 0 aliphatic carbocycles. The first-order valence-electron chi connectivity index (χ1n) is 9.16. The van der Waals surface area contributed by atoms with Crippen LogP contribution in [0.3, 0.4) is 0 Å². The Bertz CT molecular complexity index is 822. The summed E-state index contributed by atoms with van der Waals surface area (Å²) in [6.07, 6.45) is 0. The van der Waals surface area contributed by atoms with Crippen LogP contribution in [0.2, 0.25) is 0 Å². The molecule has 7 heteroatoms. The highest BCUT2D eigenvalue weighted by Gasteiger charge is 2.15. The number of ether oxygens (including phenoxy) is 3. The minimum atomic E-state index is -0.609. The standard InChI is InChI=1S/C21H26N2O5/c1-4-26-18-11-10-15(12-19(18)27-5-2)14(3)23-20(24)13-28-17-9-7-6-8-16(17)21(22)25/h6-12,14H,4-5,13H2,1-3H3,(H2,22,25)(H,23,24)/t14-/m0/s1. The van der Waals surface area contributed by atoms with Gasteiger partial charge in [0.15, 0.2) is 18.1 Å². The molecule has 0 radical (unpaired) electrons. The molecule has 150 valence electrons. The van der Waals surface area contributed by atoms with Crippen molar-refractivity contribution >= 4 is 11.8 Å². The fourth-order valence-corrected chi connectivity index (χ4v) is 2.64. The molecule has 0 bridgehead atoms. The second-order valence-corrected chi connectivity index (χ2v) is 6.01. The van der Waals surface area contributed by atoms with Gasteiger partial charge in [0.2, 0.25) is 0 Å². The fourth-order valence-electron chi connectivity index (χ4n) is 2.64. The van der Waals surface area contributed by atoms with Gasteiger partial charge in [-0.2, -0.15) is 0 Å². The highest BCUT2D eigenvalue weighted by atomic mass is 16.5. The highest BCUT2D eigenvalue weighted by Crippen LogP contribution is 2.30. The zero-order valence-corrected chi connectivity index (χ0v) is 16.4. The third kappa shape index (κ3) is 5.64. The number of carbonyl (C=O) groups excluding carboxylic acids is 2. The van der Waals surface area contributed by atoms with Crippen LogP contribution < -0.4 is 25.3 Å². The lowest BCUT2D eigenvalue weighted by molar-refractivity contribution is -0.123. The first-order valence-corrected chi connectivity index (χ1v) is 9.16. The van der Waals surface area contributed by atoms with Crippen molar-refractivity contribution in [1.29, 1.82) is 0 Å². The van der Waals surface area contributed by atoms with Crippen LogP contribution >= 0.6 is 0 Å². The summed E-state index contributed by atoms with van der Waals surface area (Å²) in [6, 6.07) is 11.8. The fraction of sp³-hybridized carbons (Fsp3) is 0.333. The quantitative estimate of drug-likeness (QED) is 0.654. The maximum atomic E-state index is 12.3. The predicted octanol–water partition coefficient (Wildman–Crippen LogP) is 2.84. The number of primary amides is 1. The van der Waals surface area contributed by atoms with Crippen LogP contribution in [0, 0.1) is 0 Å². The van der Waals surface area contributed by atoms with Crippen molar-refractivity contribution in [3.63, 3.8) is 0 Å². The lowest BCUT2D eigenvalue weighted by Crippen LogP contribution is -2.31. The average Bonchev–Trinajstić information content (AvgIpc) is 2.68. The third-order valence-corrected chi connectivity index (χ3v) is 3.96. The van der Waals surface area contributed by atoms with E-state index in [9.17, 15) is 9.59 Å². The Hall–Kier alpha value is -3.22. The van der Waals surface area contributed by atoms with Crippen LogP contribution in [0.4, 0.5) is 0 Å². The number of para-hydroxylation sites is 1. The molecular formula is C21H26N2O5. The molecule has 2 amide bonds. The van der Waals surface area contributed by atoms with Gasteiger partial charge in [0.1, 0.15) is 5.75 Å². The molecule has 0 saturated carbocycles. The zero-order valence-electron chi connectivity index (χ0n) is 16.4. The van der Waals surface area contributed by atoms with Gasteiger partial charge in [-0.1, -0.05) is 18.2 Å². The molecule has 3 N–H and O–H groups in total. The van der Waals surface area contributed by atoms with E-state index < -0.39 is 5.91 Å². The number of nitrogens with two attached hydrogens (primary N) is 1. The summed E-state index contributed by atoms with van der Waals surface area (Å²) < 4.78 is 16.6. The second kappa shape index (κ2) is 10.2. The van der Waals surface area contributed by atoms with Gasteiger partial charge in [-0.3, -0.25) is 9.59 Å². The van der Waals surface area contributed by atoms with Gasteiger partial charge in [0.05, 0.1) is 24.8 Å². The van der Waals surface area contributed by atoms with E-state index in [1.54, 1.807) is 24.3 Å². The summed E-state index contributed by atoms with van der Waals surface area (Å²) in [7, 11) is 0. The van der Waals surface area contributed by atoms with Crippen LogP contribution in [0.15, 0.2) is 42.5 Å². The molecule has 1 atom stereocenters. The van der Waals surface area contributed by atoms with Crippen molar-refractivity contribution in [3.8, 4) is 17.2 Å². The van der Waals surface area contributed by atoms with Crippen LogP contribution in [-0.4, -0.2) is 31.6 Å². The van der Waals surface area contributed by atoms with Crippen molar-refractivity contribution in [3.05, 3.63) is 53.6 Å². The van der Waals surface area contributed by atoms with E-state index in [2.05, 4.69) is 5.32 Å². The lowest BCUT2D eigenvalue weighted by Gasteiger charge is -2.18. The molecule has 2 aromatic rings. The van der Waals surface area contributed by atoms with Gasteiger partial charge in [-0.15, -0.1) is 0 Å². The summed E-state index contributed by atoms with van der Waals surface area (Å²) in [5.74, 6) is 0.644. The van der Waals surface area contributed by atoms with Crippen LogP contribution in [-0.2, 0) is 4.79 Å². The minimum Gasteiger partial charge on any atom is -0.490 e. The molecule has 2 aromatic carbocycles. The molecule has 0 spiro atoms. The molecule has 0 saturated heterocycles. The van der Waals surface area contributed by atoms with Gasteiger partial charge < -0.3 is 25.3 Å². The highest BCUT2D eigenvalue weighted by molar-refractivity contribution is 5.95. The average molecular weight is 386 g/mol. The largest absolute Gasteiger partial charge is 0.490 e. The smallest absolute Gasteiger partial charge is 0.258 e. The normalized spacial score (nSPS) is 11.4. The second-order valence-electron chi connectivity index (χ2n) is 6.01. The molecule has 28 heavy (non-hydrogen) atoms. The Kier molecular flexibility index (Phi) is 7.68. The lowest BCUT2D eigenvalue weighted by atomic mass is 10.1. The van der Waals surface area contributed by atoms with Gasteiger partial charge in [-0.05, 0) is 50.6 Å². The molecule has 0 aromatic heterocycles. The van der Waals surface area contributed by atoms with Gasteiger partial charge in [-0.25, -0.2) is 0 Å². The number of nitrogens with one attached hydrogen (secondary N) is 1. The van der Waals surface area contributed by atoms with Crippen molar-refractivity contribution in [2.45, 2.75) is 26.8 Å². The number of hydrogen-bond donors (Lipinski definition) is 2. The molecule has 0 aliphatic heterocycles. The summed E-state index contributed by atoms with van der Waals surface area (Å²) in [4.78, 5) is 23.7. The predicted molar refractivity (Wildman–Crippen MR) is 106 cm³/mol. The Balaban J connectivity index is 2.00. The molecule has 0 unspecified atom stereocenters. The van der Waals surface area contributed by atoms with Gasteiger partial charge in [0.25, 0.3) is 11.8 Å². The maximum Gasteiger partial charge on any atom is 0.258 e. The topological polar surface area (TPSA) is 99.9 Å². The van der Waals surface area contributed by atoms with Crippen molar-refractivity contribution in [2.75, 3.05) is 19.8 Å². The van der Waals surface area contributed by atoms with Crippen molar-refractivity contribution in [1.82, 2.24) is 5.32 Å². The number of carbonyl (C=O) groups is 2. The van der Waals surface area contributed by atoms with E-state index in [1.165, 1.54) is 0 Å². The Labute approximate surface area is 164 Å². The number of amides is 2. The molecule has 2 rings (SSSR count). The Morgan fingerprint density at radius 3 is 2.32 bits per heavy atom. The maximum absolute atomic E-state index is 12.3. The first kappa shape index (κ1) is 21.1. The SMILES string of the molecule is CCOc1ccc([C@H](C)NC(=O)COc2ccccc2C(N)=O)cc1OCC. The van der Waals surface area contributed by atoms with E-state index in [-0.39, 0.29) is 29.9 Å². The van der Waals surface area contributed by atoms with Gasteiger partial charge in [0, 0.05) is 0 Å². The van der Waals surface area contributed by atoms with Crippen molar-refractivity contribution in [2.24, 2.45) is 5.73 Å². The van der Waals surface area contributed by atoms with E-state index >= 15 is 0 Å². The minimum absolute atomic E-state index is 0.232. The van der Waals surface area contributed by atoms with Crippen LogP contribution in [0.25, 0.3) is 0 Å². The van der Waals surface area contributed by atoms with Crippen LogP contribution in [0.5, 0.6) is 17.2 Å². The molecule has 0 fully saturated rings. The first-order chi connectivity index (χ1) is 13.5. The zero-order chi connectivity index (χ0) is 20.5. The third-order valence-electron chi connectivity index (χ3n) is 3.96. The summed E-state index contributed by atoms with van der Waals surface area (Å²) >= 11 is 0. The summed E-state index contributed by atoms with van der Waals surface area (Å²) in [5, 5.41) is 2.86. The van der Waals surface area contributed by atoms with E-state index in [4.69, 9.17) is 19.9 Å². The Morgan fingerprint density at radius 2 is 1.64 bits per heavy atom. The van der Waals surface area contributed by atoms with Crippen molar-refractivity contribution < 1.29 is 23.8 Å². The van der Waals surface area contributed by atoms with E-state index in [1.807, 2.05) is 39.0 Å². The van der Waals surface area contributed by atoms with E-state index in [0.717, 1.165) is 5.56 Å². The van der Waals surface area contributed by atoms with Gasteiger partial charge >= 0.3 is 0 Å². The number of hydrogen-bond acceptors (Lipinski definition) is 5. The molecule has 7 nitrogen and oxygen atoms in total. The molecule has 0 heterocycles. The number of rotatable bonds is 10.